The van der Waals surface area contributed by atoms with Gasteiger partial charge >= 0.3 is 6.18 Å². The van der Waals surface area contributed by atoms with Crippen LogP contribution in [-0.2, 0) is 6.18 Å². The molecule has 1 amide bonds. The molecule has 8 heteroatoms. The molecule has 0 bridgehead atoms. The largest absolute Gasteiger partial charge is 0.417 e. The van der Waals surface area contributed by atoms with Crippen LogP contribution in [-0.4, -0.2) is 28.9 Å². The molecule has 1 rings (SSSR count). The Morgan fingerprint density at radius 1 is 1.48 bits per heavy atom. The van der Waals surface area contributed by atoms with Gasteiger partial charge in [0, 0.05) is 29.5 Å². The lowest BCUT2D eigenvalue weighted by atomic mass is 10.1. The summed E-state index contributed by atoms with van der Waals surface area (Å²) < 4.78 is 38.4. The highest BCUT2D eigenvalue weighted by Crippen LogP contribution is 2.35. The lowest BCUT2D eigenvalue weighted by molar-refractivity contribution is -0.138. The molecule has 0 saturated heterocycles. The van der Waals surface area contributed by atoms with Gasteiger partial charge in [-0.1, -0.05) is 28.1 Å². The van der Waals surface area contributed by atoms with Crippen molar-refractivity contribution in [3.05, 3.63) is 33.8 Å². The van der Waals surface area contributed by atoms with E-state index in [1.807, 2.05) is 0 Å². The normalized spacial score (nSPS) is 12.9. The topological polar surface area (TPSA) is 46.3 Å². The molecule has 1 unspecified atom stereocenters. The number of nitrogens with zero attached hydrogens (tertiary/aromatic N) is 1. The first-order valence-electron chi connectivity index (χ1n) is 5.96. The molecule has 0 aliphatic heterocycles. The summed E-state index contributed by atoms with van der Waals surface area (Å²) >= 11 is 7.60. The number of amides is 1. The van der Waals surface area contributed by atoms with E-state index in [2.05, 4.69) is 15.9 Å². The van der Waals surface area contributed by atoms with Crippen LogP contribution in [0.5, 0.6) is 0 Å². The maximum atomic E-state index is 12.8. The van der Waals surface area contributed by atoms with E-state index in [9.17, 15) is 18.0 Å². The molecule has 0 aliphatic carbocycles. The zero-order valence-electron chi connectivity index (χ0n) is 11.4. The first-order chi connectivity index (χ1) is 9.54. The van der Waals surface area contributed by atoms with Gasteiger partial charge in [0.1, 0.15) is 0 Å². The van der Waals surface area contributed by atoms with E-state index in [1.165, 1.54) is 24.1 Å². The number of carbonyl (C=O) groups excluding carboxylic acids is 1. The minimum Gasteiger partial charge on any atom is -0.393 e. The molecule has 0 heterocycles. The molecular formula is C13H14BrF3N2OS. The fourth-order valence-corrected chi connectivity index (χ4v) is 2.42. The van der Waals surface area contributed by atoms with Crippen LogP contribution in [0.25, 0.3) is 0 Å². The first kappa shape index (κ1) is 17.9. The van der Waals surface area contributed by atoms with Crippen LogP contribution in [0.3, 0.4) is 0 Å². The summed E-state index contributed by atoms with van der Waals surface area (Å²) in [7, 11) is 1.50. The average molecular weight is 383 g/mol. The molecule has 1 atom stereocenters. The average Bonchev–Trinajstić information content (AvgIpc) is 2.35. The number of thiocarbonyl (C=S) groups is 1. The summed E-state index contributed by atoms with van der Waals surface area (Å²) in [5.74, 6) is -0.517. The molecule has 116 valence electrons. The molecule has 0 radical (unpaired) electrons. The van der Waals surface area contributed by atoms with Crippen LogP contribution in [0, 0.1) is 0 Å². The zero-order chi connectivity index (χ0) is 16.4. The van der Waals surface area contributed by atoms with E-state index in [1.54, 1.807) is 6.92 Å². The van der Waals surface area contributed by atoms with Crippen molar-refractivity contribution in [2.45, 2.75) is 25.6 Å². The molecule has 1 aromatic carbocycles. The van der Waals surface area contributed by atoms with Gasteiger partial charge in [0.25, 0.3) is 5.91 Å². The Hall–Kier alpha value is -1.15. The van der Waals surface area contributed by atoms with Crippen LogP contribution in [0.15, 0.2) is 22.7 Å². The van der Waals surface area contributed by atoms with Crippen molar-refractivity contribution in [3.63, 3.8) is 0 Å². The van der Waals surface area contributed by atoms with Crippen molar-refractivity contribution >= 4 is 39.0 Å². The van der Waals surface area contributed by atoms with Crippen LogP contribution < -0.4 is 5.73 Å². The third-order valence-electron chi connectivity index (χ3n) is 3.00. The monoisotopic (exact) mass is 382 g/mol. The van der Waals surface area contributed by atoms with Crippen molar-refractivity contribution < 1.29 is 18.0 Å². The van der Waals surface area contributed by atoms with E-state index < -0.39 is 17.6 Å². The Labute approximate surface area is 134 Å². The van der Waals surface area contributed by atoms with Gasteiger partial charge in [-0.15, -0.1) is 0 Å². The Bertz CT molecular complexity index is 563. The second kappa shape index (κ2) is 6.74. The fraction of sp³-hybridized carbons (Fsp3) is 0.385. The molecule has 0 saturated carbocycles. The van der Waals surface area contributed by atoms with Gasteiger partial charge in [0.2, 0.25) is 0 Å². The second-order valence-corrected chi connectivity index (χ2v) is 6.01. The number of alkyl halides is 3. The lowest BCUT2D eigenvalue weighted by Crippen LogP contribution is -2.37. The second-order valence-electron chi connectivity index (χ2n) is 4.63. The Balaban J connectivity index is 3.06. The van der Waals surface area contributed by atoms with E-state index >= 15 is 0 Å². The quantitative estimate of drug-likeness (QED) is 0.809. The Morgan fingerprint density at radius 2 is 2.05 bits per heavy atom. The number of nitrogens with two attached hydrogens (primary N) is 1. The highest BCUT2D eigenvalue weighted by atomic mass is 79.9. The Morgan fingerprint density at radius 3 is 2.52 bits per heavy atom. The standard InChI is InChI=1S/C13H14BrF3N2OS/c1-7(5-11(18)21)19(2)12(20)8-3-4-10(14)9(6-8)13(15,16)17/h3-4,6-7H,5H2,1-2H3,(H2,18,21). The number of carbonyl (C=O) groups is 1. The summed E-state index contributed by atoms with van der Waals surface area (Å²) in [5, 5.41) is 0. The molecular weight excluding hydrogens is 369 g/mol. The van der Waals surface area contributed by atoms with Gasteiger partial charge in [-0.05, 0) is 25.1 Å². The SMILES string of the molecule is CC(CC(N)=S)N(C)C(=O)c1ccc(Br)c(C(F)(F)F)c1. The van der Waals surface area contributed by atoms with E-state index in [0.29, 0.717) is 6.42 Å². The van der Waals surface area contributed by atoms with E-state index in [0.717, 1.165) is 6.07 Å². The lowest BCUT2D eigenvalue weighted by Gasteiger charge is -2.25. The van der Waals surface area contributed by atoms with Gasteiger partial charge in [-0.2, -0.15) is 13.2 Å². The minimum absolute atomic E-state index is 0.0391. The number of halogens is 4. The van der Waals surface area contributed by atoms with E-state index in [4.69, 9.17) is 18.0 Å². The maximum Gasteiger partial charge on any atom is 0.417 e. The molecule has 0 fully saturated rings. The molecule has 3 nitrogen and oxygen atoms in total. The number of benzene rings is 1. The van der Waals surface area contributed by atoms with Gasteiger partial charge in [-0.25, -0.2) is 0 Å². The van der Waals surface area contributed by atoms with Crippen molar-refractivity contribution in [1.82, 2.24) is 4.90 Å². The van der Waals surface area contributed by atoms with Gasteiger partial charge in [-0.3, -0.25) is 4.79 Å². The van der Waals surface area contributed by atoms with Crippen molar-refractivity contribution in [2.75, 3.05) is 7.05 Å². The molecule has 1 aromatic rings. The number of hydrogen-bond acceptors (Lipinski definition) is 2. The molecule has 2 N–H and O–H groups in total. The first-order valence-corrected chi connectivity index (χ1v) is 7.16. The van der Waals surface area contributed by atoms with Gasteiger partial charge < -0.3 is 10.6 Å². The Kier molecular flexibility index (Phi) is 5.75. The van der Waals surface area contributed by atoms with E-state index in [-0.39, 0.29) is 21.1 Å². The van der Waals surface area contributed by atoms with Gasteiger partial charge in [0.15, 0.2) is 0 Å². The molecule has 0 aliphatic rings. The minimum atomic E-state index is -4.53. The van der Waals surface area contributed by atoms with Crippen molar-refractivity contribution in [3.8, 4) is 0 Å². The molecule has 21 heavy (non-hydrogen) atoms. The smallest absolute Gasteiger partial charge is 0.393 e. The highest BCUT2D eigenvalue weighted by Gasteiger charge is 2.34. The number of hydrogen-bond donors (Lipinski definition) is 1. The summed E-state index contributed by atoms with van der Waals surface area (Å²) in [6.45, 7) is 1.72. The summed E-state index contributed by atoms with van der Waals surface area (Å²) in [4.78, 5) is 13.8. The van der Waals surface area contributed by atoms with Crippen LogP contribution in [0.1, 0.15) is 29.3 Å². The highest BCUT2D eigenvalue weighted by molar-refractivity contribution is 9.10. The zero-order valence-corrected chi connectivity index (χ0v) is 13.8. The van der Waals surface area contributed by atoms with Crippen molar-refractivity contribution in [1.29, 1.82) is 0 Å². The van der Waals surface area contributed by atoms with Gasteiger partial charge in [0.05, 0.1) is 10.6 Å². The summed E-state index contributed by atoms with van der Waals surface area (Å²) in [6, 6.07) is 3.08. The molecule has 0 spiro atoms. The maximum absolute atomic E-state index is 12.8. The summed E-state index contributed by atoms with van der Waals surface area (Å²) in [5.41, 5.74) is 4.49. The predicted molar refractivity (Wildman–Crippen MR) is 82.1 cm³/mol. The van der Waals surface area contributed by atoms with Crippen LogP contribution >= 0.6 is 28.1 Å². The number of rotatable bonds is 4. The fourth-order valence-electron chi connectivity index (χ4n) is 1.71. The van der Waals surface area contributed by atoms with Crippen LogP contribution in [0.4, 0.5) is 13.2 Å². The predicted octanol–water partition coefficient (Wildman–Crippen LogP) is 3.60. The molecule has 0 aromatic heterocycles. The third kappa shape index (κ3) is 4.67. The van der Waals surface area contributed by atoms with Crippen molar-refractivity contribution in [2.24, 2.45) is 5.73 Å². The summed E-state index contributed by atoms with van der Waals surface area (Å²) in [6.07, 6.45) is -4.22. The third-order valence-corrected chi connectivity index (χ3v) is 3.85. The van der Waals surface area contributed by atoms with Crippen LogP contribution in [0.2, 0.25) is 0 Å².